The third-order valence-electron chi connectivity index (χ3n) is 2.12. The van der Waals surface area contributed by atoms with Crippen LogP contribution in [0.15, 0.2) is 6.07 Å². The largest absolute Gasteiger partial charge is 0.370 e. The van der Waals surface area contributed by atoms with Crippen LogP contribution in [0.25, 0.3) is 0 Å². The first kappa shape index (κ1) is 9.46. The van der Waals surface area contributed by atoms with Crippen molar-refractivity contribution in [1.29, 1.82) is 0 Å². The van der Waals surface area contributed by atoms with E-state index in [4.69, 9.17) is 16.3 Å². The number of aryl methyl sites for hydroxylation is 1. The number of rotatable bonds is 1. The predicted molar refractivity (Wildman–Crippen MR) is 55.6 cm³/mol. The van der Waals surface area contributed by atoms with Crippen LogP contribution in [0.2, 0.25) is 5.02 Å². The zero-order valence-corrected chi connectivity index (χ0v) is 9.04. The van der Waals surface area contributed by atoms with Gasteiger partial charge in [0.2, 0.25) is 0 Å². The first-order valence-corrected chi connectivity index (χ1v) is 5.55. The predicted octanol–water partition coefficient (Wildman–Crippen LogP) is 2.37. The standard InChI is InChI=1S/C9H12ClNOS/c1-6-7(10)4-9(13-6)8-5-11-2-3-12-8/h4,8,11H,2-3,5H2,1H3. The van der Waals surface area contributed by atoms with Gasteiger partial charge in [0.05, 0.1) is 11.6 Å². The van der Waals surface area contributed by atoms with Crippen molar-refractivity contribution in [1.82, 2.24) is 5.32 Å². The molecule has 1 aliphatic rings. The van der Waals surface area contributed by atoms with Crippen molar-refractivity contribution in [3.63, 3.8) is 0 Å². The third-order valence-corrected chi connectivity index (χ3v) is 3.77. The fourth-order valence-electron chi connectivity index (χ4n) is 1.39. The highest BCUT2D eigenvalue weighted by Crippen LogP contribution is 2.32. The molecule has 4 heteroatoms. The number of nitrogens with one attached hydrogen (secondary N) is 1. The molecule has 2 rings (SSSR count). The minimum atomic E-state index is 0.199. The Morgan fingerprint density at radius 1 is 1.69 bits per heavy atom. The smallest absolute Gasteiger partial charge is 0.104 e. The lowest BCUT2D eigenvalue weighted by Crippen LogP contribution is -2.32. The van der Waals surface area contributed by atoms with E-state index in [2.05, 4.69) is 5.32 Å². The number of hydrogen-bond donors (Lipinski definition) is 1. The van der Waals surface area contributed by atoms with E-state index in [9.17, 15) is 0 Å². The van der Waals surface area contributed by atoms with Gasteiger partial charge in [0, 0.05) is 22.8 Å². The van der Waals surface area contributed by atoms with Gasteiger partial charge in [-0.05, 0) is 13.0 Å². The summed E-state index contributed by atoms with van der Waals surface area (Å²) in [6, 6.07) is 2.01. The highest BCUT2D eigenvalue weighted by atomic mass is 35.5. The molecule has 1 N–H and O–H groups in total. The van der Waals surface area contributed by atoms with Gasteiger partial charge in [0.15, 0.2) is 0 Å². The minimum Gasteiger partial charge on any atom is -0.370 e. The highest BCUT2D eigenvalue weighted by Gasteiger charge is 2.18. The molecule has 1 fully saturated rings. The van der Waals surface area contributed by atoms with Crippen molar-refractivity contribution < 1.29 is 4.74 Å². The van der Waals surface area contributed by atoms with Crippen LogP contribution >= 0.6 is 22.9 Å². The number of ether oxygens (including phenoxy) is 1. The molecule has 1 aliphatic heterocycles. The molecule has 0 aliphatic carbocycles. The Bertz CT molecular complexity index is 274. The summed E-state index contributed by atoms with van der Waals surface area (Å²) in [6.07, 6.45) is 0.199. The van der Waals surface area contributed by atoms with Gasteiger partial charge in [-0.15, -0.1) is 11.3 Å². The molecule has 0 bridgehead atoms. The molecule has 1 aromatic rings. The zero-order valence-electron chi connectivity index (χ0n) is 7.47. The summed E-state index contributed by atoms with van der Waals surface area (Å²) in [5.41, 5.74) is 0. The number of thiophene rings is 1. The van der Waals surface area contributed by atoms with Crippen LogP contribution in [0.3, 0.4) is 0 Å². The SMILES string of the molecule is Cc1sc(C2CNCCO2)cc1Cl. The Hall–Kier alpha value is -0.0900. The molecule has 72 valence electrons. The first-order chi connectivity index (χ1) is 6.27. The summed E-state index contributed by atoms with van der Waals surface area (Å²) in [5, 5.41) is 4.16. The van der Waals surface area contributed by atoms with E-state index in [1.54, 1.807) is 11.3 Å². The lowest BCUT2D eigenvalue weighted by molar-refractivity contribution is 0.0299. The molecule has 0 amide bonds. The lowest BCUT2D eigenvalue weighted by Gasteiger charge is -2.22. The summed E-state index contributed by atoms with van der Waals surface area (Å²) in [5.74, 6) is 0. The van der Waals surface area contributed by atoms with E-state index in [0.29, 0.717) is 0 Å². The van der Waals surface area contributed by atoms with Crippen LogP contribution < -0.4 is 5.32 Å². The topological polar surface area (TPSA) is 21.3 Å². The van der Waals surface area contributed by atoms with Gasteiger partial charge < -0.3 is 10.1 Å². The fraction of sp³-hybridized carbons (Fsp3) is 0.556. The van der Waals surface area contributed by atoms with Gasteiger partial charge in [-0.3, -0.25) is 0 Å². The van der Waals surface area contributed by atoms with Crippen LogP contribution in [-0.2, 0) is 4.74 Å². The molecule has 0 aromatic carbocycles. The summed E-state index contributed by atoms with van der Waals surface area (Å²) < 4.78 is 5.62. The Balaban J connectivity index is 2.14. The Labute approximate surface area is 86.9 Å². The van der Waals surface area contributed by atoms with Crippen LogP contribution in [0.5, 0.6) is 0 Å². The van der Waals surface area contributed by atoms with Gasteiger partial charge in [-0.2, -0.15) is 0 Å². The Morgan fingerprint density at radius 3 is 3.08 bits per heavy atom. The normalized spacial score (nSPS) is 23.4. The summed E-state index contributed by atoms with van der Waals surface area (Å²) >= 11 is 7.71. The Morgan fingerprint density at radius 2 is 2.54 bits per heavy atom. The van der Waals surface area contributed by atoms with Crippen LogP contribution in [0, 0.1) is 6.92 Å². The second-order valence-corrected chi connectivity index (χ2v) is 4.81. The molecule has 1 unspecified atom stereocenters. The third kappa shape index (κ3) is 2.05. The second kappa shape index (κ2) is 3.96. The molecule has 2 nitrogen and oxygen atoms in total. The van der Waals surface area contributed by atoms with Crippen LogP contribution in [0.1, 0.15) is 15.9 Å². The molecule has 13 heavy (non-hydrogen) atoms. The fourth-order valence-corrected chi connectivity index (χ4v) is 2.66. The molecule has 1 saturated heterocycles. The van der Waals surface area contributed by atoms with Crippen LogP contribution in [0.4, 0.5) is 0 Å². The van der Waals surface area contributed by atoms with Crippen molar-refractivity contribution in [2.24, 2.45) is 0 Å². The molecule has 2 heterocycles. The molecular weight excluding hydrogens is 206 g/mol. The molecule has 1 atom stereocenters. The van der Waals surface area contributed by atoms with E-state index in [1.165, 1.54) is 9.75 Å². The monoisotopic (exact) mass is 217 g/mol. The zero-order chi connectivity index (χ0) is 9.26. The van der Waals surface area contributed by atoms with E-state index in [-0.39, 0.29) is 6.10 Å². The molecular formula is C9H12ClNOS. The Kier molecular flexibility index (Phi) is 2.89. The lowest BCUT2D eigenvalue weighted by atomic mass is 10.2. The summed E-state index contributed by atoms with van der Waals surface area (Å²) in [6.45, 7) is 4.68. The van der Waals surface area contributed by atoms with E-state index in [1.807, 2.05) is 13.0 Å². The van der Waals surface area contributed by atoms with E-state index < -0.39 is 0 Å². The van der Waals surface area contributed by atoms with Crippen molar-refractivity contribution >= 4 is 22.9 Å². The maximum atomic E-state index is 5.98. The van der Waals surface area contributed by atoms with Gasteiger partial charge in [0.1, 0.15) is 6.10 Å². The quantitative estimate of drug-likeness (QED) is 0.780. The van der Waals surface area contributed by atoms with Crippen molar-refractivity contribution in [2.45, 2.75) is 13.0 Å². The average molecular weight is 218 g/mol. The summed E-state index contributed by atoms with van der Waals surface area (Å²) in [4.78, 5) is 2.40. The van der Waals surface area contributed by atoms with Crippen LogP contribution in [-0.4, -0.2) is 19.7 Å². The maximum Gasteiger partial charge on any atom is 0.104 e. The number of hydrogen-bond acceptors (Lipinski definition) is 3. The second-order valence-electron chi connectivity index (χ2n) is 3.12. The molecule has 1 aromatic heterocycles. The average Bonchev–Trinajstić information content (AvgIpc) is 2.49. The summed E-state index contributed by atoms with van der Waals surface area (Å²) in [7, 11) is 0. The first-order valence-electron chi connectivity index (χ1n) is 4.35. The molecule has 0 saturated carbocycles. The van der Waals surface area contributed by atoms with Gasteiger partial charge in [-0.1, -0.05) is 11.6 Å². The van der Waals surface area contributed by atoms with Gasteiger partial charge in [0.25, 0.3) is 0 Å². The molecule has 0 spiro atoms. The molecule has 0 radical (unpaired) electrons. The van der Waals surface area contributed by atoms with Crippen molar-refractivity contribution in [3.8, 4) is 0 Å². The van der Waals surface area contributed by atoms with Gasteiger partial charge >= 0.3 is 0 Å². The van der Waals surface area contributed by atoms with E-state index in [0.717, 1.165) is 24.7 Å². The van der Waals surface area contributed by atoms with E-state index >= 15 is 0 Å². The number of morpholine rings is 1. The van der Waals surface area contributed by atoms with Crippen molar-refractivity contribution in [2.75, 3.05) is 19.7 Å². The minimum absolute atomic E-state index is 0.199. The van der Waals surface area contributed by atoms with Crippen molar-refractivity contribution in [3.05, 3.63) is 20.8 Å². The van der Waals surface area contributed by atoms with Gasteiger partial charge in [-0.25, -0.2) is 0 Å². The number of halogens is 1. The maximum absolute atomic E-state index is 5.98. The highest BCUT2D eigenvalue weighted by molar-refractivity contribution is 7.12.